The first-order valence-corrected chi connectivity index (χ1v) is 4.68. The van der Waals surface area contributed by atoms with E-state index in [9.17, 15) is 0 Å². The second kappa shape index (κ2) is 16.7. The van der Waals surface area contributed by atoms with Crippen LogP contribution in [0.1, 0.15) is 39.5 Å². The monoisotopic (exact) mass is 166 g/mol. The van der Waals surface area contributed by atoms with Crippen LogP contribution in [0, 0.1) is 0 Å². The van der Waals surface area contributed by atoms with E-state index in [1.165, 1.54) is 25.7 Å². The maximum Gasteiger partial charge on any atom is -0.0351 e. The minimum Gasteiger partial charge on any atom is -0.0991 e. The third-order valence-electron chi connectivity index (χ3n) is 1.38. The Morgan fingerprint density at radius 1 is 1.08 bits per heavy atom. The number of allylic oxidation sites excluding steroid dienone is 4. The van der Waals surface area contributed by atoms with Gasteiger partial charge in [0.05, 0.1) is 0 Å². The zero-order valence-electron chi connectivity index (χ0n) is 8.55. The fourth-order valence-corrected chi connectivity index (χ4v) is 0.679. The molecule has 0 saturated heterocycles. The van der Waals surface area contributed by atoms with Crippen LogP contribution in [-0.4, -0.2) is 0 Å². The van der Waals surface area contributed by atoms with Gasteiger partial charge in [0.15, 0.2) is 0 Å². The predicted octanol–water partition coefficient (Wildman–Crippen LogP) is 4.50. The van der Waals surface area contributed by atoms with Crippen molar-refractivity contribution in [3.8, 4) is 0 Å². The van der Waals surface area contributed by atoms with Gasteiger partial charge in [0, 0.05) is 0 Å². The Balaban J connectivity index is 0. The highest BCUT2D eigenvalue weighted by atomic mass is 13.8. The van der Waals surface area contributed by atoms with E-state index in [1.54, 1.807) is 12.2 Å². The average Bonchev–Trinajstić information content (AvgIpc) is 2.13. The Bertz CT molecular complexity index is 103. The standard InChI is InChI=1S/C8H16.C4H6/c1-3-5-7-8-6-4-2;1-3-4-2/h3,5H,4,6-8H2,1-2H3;3-4H,1-2H2. The Kier molecular flexibility index (Phi) is 19.1. The van der Waals surface area contributed by atoms with Gasteiger partial charge in [-0.25, -0.2) is 0 Å². The molecule has 12 heavy (non-hydrogen) atoms. The summed E-state index contributed by atoms with van der Waals surface area (Å²) in [6.45, 7) is 11.0. The summed E-state index contributed by atoms with van der Waals surface area (Å²) in [5.41, 5.74) is 0. The summed E-state index contributed by atoms with van der Waals surface area (Å²) in [5, 5.41) is 0. The highest BCUT2D eigenvalue weighted by Gasteiger charge is 1.78. The van der Waals surface area contributed by atoms with Crippen LogP contribution in [-0.2, 0) is 0 Å². The van der Waals surface area contributed by atoms with Crippen molar-refractivity contribution < 1.29 is 0 Å². The Morgan fingerprint density at radius 3 is 2.00 bits per heavy atom. The molecule has 0 unspecified atom stereocenters. The molecule has 0 radical (unpaired) electrons. The molecule has 0 aliphatic heterocycles. The number of hydrogen-bond donors (Lipinski definition) is 0. The van der Waals surface area contributed by atoms with Crippen molar-refractivity contribution in [1.29, 1.82) is 0 Å². The topological polar surface area (TPSA) is 0 Å². The molecule has 0 aromatic rings. The second-order valence-corrected chi connectivity index (χ2v) is 2.54. The number of hydrogen-bond acceptors (Lipinski definition) is 0. The predicted molar refractivity (Wildman–Crippen MR) is 59.4 cm³/mol. The van der Waals surface area contributed by atoms with Gasteiger partial charge >= 0.3 is 0 Å². The minimum absolute atomic E-state index is 1.27. The van der Waals surface area contributed by atoms with Gasteiger partial charge in [0.25, 0.3) is 0 Å². The van der Waals surface area contributed by atoms with Crippen LogP contribution < -0.4 is 0 Å². The summed E-state index contributed by atoms with van der Waals surface area (Å²) in [5.74, 6) is 0. The quantitative estimate of drug-likeness (QED) is 0.320. The van der Waals surface area contributed by atoms with Crippen molar-refractivity contribution in [2.24, 2.45) is 0 Å². The first kappa shape index (κ1) is 13.8. The molecule has 0 nitrogen and oxygen atoms in total. The van der Waals surface area contributed by atoms with E-state index in [0.717, 1.165) is 0 Å². The lowest BCUT2D eigenvalue weighted by Gasteiger charge is -1.88. The third-order valence-corrected chi connectivity index (χ3v) is 1.38. The molecule has 0 N–H and O–H groups in total. The molecule has 0 amide bonds. The van der Waals surface area contributed by atoms with Gasteiger partial charge in [0.1, 0.15) is 0 Å². The van der Waals surface area contributed by atoms with Gasteiger partial charge in [-0.3, -0.25) is 0 Å². The maximum absolute atomic E-state index is 3.36. The molecule has 0 heterocycles. The molecule has 0 aromatic heterocycles. The lowest BCUT2D eigenvalue weighted by atomic mass is 10.2. The molecule has 0 aromatic carbocycles. The summed E-state index contributed by atoms with van der Waals surface area (Å²) in [4.78, 5) is 0. The smallest absolute Gasteiger partial charge is 0.0351 e. The van der Waals surface area contributed by atoms with Crippen LogP contribution in [0.25, 0.3) is 0 Å². The van der Waals surface area contributed by atoms with Gasteiger partial charge in [-0.2, -0.15) is 0 Å². The van der Waals surface area contributed by atoms with E-state index in [1.807, 2.05) is 0 Å². The highest BCUT2D eigenvalue weighted by molar-refractivity contribution is 4.88. The molecule has 0 fully saturated rings. The molecule has 70 valence electrons. The lowest BCUT2D eigenvalue weighted by molar-refractivity contribution is 0.729. The highest BCUT2D eigenvalue weighted by Crippen LogP contribution is 1.98. The van der Waals surface area contributed by atoms with Crippen molar-refractivity contribution in [2.75, 3.05) is 0 Å². The van der Waals surface area contributed by atoms with Gasteiger partial charge < -0.3 is 0 Å². The summed E-state index contributed by atoms with van der Waals surface area (Å²) in [6, 6.07) is 0. The van der Waals surface area contributed by atoms with Crippen LogP contribution in [0.2, 0.25) is 0 Å². The SMILES string of the molecule is C=CC=C.CC=CCCCCC. The van der Waals surface area contributed by atoms with Crippen molar-refractivity contribution in [1.82, 2.24) is 0 Å². The minimum atomic E-state index is 1.27. The van der Waals surface area contributed by atoms with E-state index in [4.69, 9.17) is 0 Å². The Labute approximate surface area is 77.7 Å². The zero-order valence-corrected chi connectivity index (χ0v) is 8.55. The third kappa shape index (κ3) is 22.9. The van der Waals surface area contributed by atoms with E-state index < -0.39 is 0 Å². The molecular weight excluding hydrogens is 144 g/mol. The Hall–Kier alpha value is -0.780. The summed E-state index contributed by atoms with van der Waals surface area (Å²) in [7, 11) is 0. The van der Waals surface area contributed by atoms with Crippen molar-refractivity contribution in [2.45, 2.75) is 39.5 Å². The molecule has 0 saturated carbocycles. The summed E-state index contributed by atoms with van der Waals surface area (Å²) >= 11 is 0. The van der Waals surface area contributed by atoms with Gasteiger partial charge in [0.2, 0.25) is 0 Å². The lowest BCUT2D eigenvalue weighted by Crippen LogP contribution is -1.68. The Morgan fingerprint density at radius 2 is 1.67 bits per heavy atom. The fraction of sp³-hybridized carbons (Fsp3) is 0.500. The molecular formula is C12H22. The van der Waals surface area contributed by atoms with Crippen molar-refractivity contribution in [3.63, 3.8) is 0 Å². The van der Waals surface area contributed by atoms with Crippen LogP contribution in [0.3, 0.4) is 0 Å². The summed E-state index contributed by atoms with van der Waals surface area (Å²) < 4.78 is 0. The van der Waals surface area contributed by atoms with E-state index >= 15 is 0 Å². The molecule has 0 heteroatoms. The molecule has 0 aliphatic carbocycles. The molecule has 0 aliphatic rings. The van der Waals surface area contributed by atoms with E-state index in [0.29, 0.717) is 0 Å². The van der Waals surface area contributed by atoms with Crippen molar-refractivity contribution in [3.05, 3.63) is 37.5 Å². The van der Waals surface area contributed by atoms with Crippen molar-refractivity contribution >= 4 is 0 Å². The van der Waals surface area contributed by atoms with Crippen LogP contribution >= 0.6 is 0 Å². The zero-order chi connectivity index (χ0) is 9.66. The normalized spacial score (nSPS) is 8.83. The fourth-order valence-electron chi connectivity index (χ4n) is 0.679. The molecule has 0 atom stereocenters. The maximum atomic E-state index is 3.36. The van der Waals surface area contributed by atoms with Gasteiger partial charge in [-0.15, -0.1) is 0 Å². The number of rotatable bonds is 5. The van der Waals surface area contributed by atoms with Crippen LogP contribution in [0.4, 0.5) is 0 Å². The first-order chi connectivity index (χ1) is 5.83. The van der Waals surface area contributed by atoms with Gasteiger partial charge in [-0.1, -0.05) is 57.2 Å². The number of unbranched alkanes of at least 4 members (excludes halogenated alkanes) is 3. The first-order valence-electron chi connectivity index (χ1n) is 4.68. The van der Waals surface area contributed by atoms with Gasteiger partial charge in [-0.05, 0) is 19.8 Å². The van der Waals surface area contributed by atoms with Crippen LogP contribution in [0.15, 0.2) is 37.5 Å². The molecule has 0 bridgehead atoms. The average molecular weight is 166 g/mol. The second-order valence-electron chi connectivity index (χ2n) is 2.54. The van der Waals surface area contributed by atoms with E-state index in [-0.39, 0.29) is 0 Å². The van der Waals surface area contributed by atoms with Crippen LogP contribution in [0.5, 0.6) is 0 Å². The summed E-state index contributed by atoms with van der Waals surface area (Å²) in [6.07, 6.45) is 13.0. The van der Waals surface area contributed by atoms with E-state index in [2.05, 4.69) is 39.2 Å². The molecule has 0 rings (SSSR count). The molecule has 0 spiro atoms. The largest absolute Gasteiger partial charge is 0.0991 e.